The Labute approximate surface area is 186 Å². The monoisotopic (exact) mass is 426 g/mol. The van der Waals surface area contributed by atoms with Gasteiger partial charge in [0.2, 0.25) is 0 Å². The molecule has 0 radical (unpaired) electrons. The van der Waals surface area contributed by atoms with E-state index in [1.165, 1.54) is 12.3 Å². The third kappa shape index (κ3) is 6.12. The number of hydrogen-bond donors (Lipinski definition) is 0. The van der Waals surface area contributed by atoms with Crippen molar-refractivity contribution in [1.29, 1.82) is 0 Å². The molecule has 0 aliphatic carbocycles. The summed E-state index contributed by atoms with van der Waals surface area (Å²) >= 11 is 0. The summed E-state index contributed by atoms with van der Waals surface area (Å²) in [6.07, 6.45) is 5.75. The molecule has 0 bridgehead atoms. The van der Waals surface area contributed by atoms with Gasteiger partial charge in [-0.15, -0.1) is 0 Å². The largest absolute Gasteiger partial charge is 0.458 e. The van der Waals surface area contributed by atoms with E-state index in [2.05, 4.69) is 13.2 Å². The van der Waals surface area contributed by atoms with Gasteiger partial charge in [-0.2, -0.15) is 0 Å². The maximum Gasteiger partial charge on any atom is 0.342 e. The van der Waals surface area contributed by atoms with Gasteiger partial charge in [0.15, 0.2) is 5.78 Å². The van der Waals surface area contributed by atoms with E-state index in [4.69, 9.17) is 9.47 Å². The standard InChI is InChI=1S/C27H22O5/c1-3-25(28)16-20-7-5-19(6-8-20)13-14-31-27(30)24-12-11-22-15-21(9-10-23(22)17-24)18-32-26(29)4-2/h3-15,17H,1-2,16,18H2/b14-13+. The summed E-state index contributed by atoms with van der Waals surface area (Å²) in [5, 5.41) is 1.78. The third-order valence-corrected chi connectivity index (χ3v) is 4.71. The summed E-state index contributed by atoms with van der Waals surface area (Å²) < 4.78 is 10.3. The van der Waals surface area contributed by atoms with E-state index in [0.717, 1.165) is 33.5 Å². The van der Waals surface area contributed by atoms with Crippen LogP contribution in [0.1, 0.15) is 27.0 Å². The van der Waals surface area contributed by atoms with Crippen molar-refractivity contribution in [3.63, 3.8) is 0 Å². The van der Waals surface area contributed by atoms with Crippen LogP contribution in [0.3, 0.4) is 0 Å². The lowest BCUT2D eigenvalue weighted by atomic mass is 10.0. The highest BCUT2D eigenvalue weighted by molar-refractivity contribution is 5.96. The molecule has 3 rings (SSSR count). The van der Waals surface area contributed by atoms with Crippen molar-refractivity contribution in [2.24, 2.45) is 0 Å². The van der Waals surface area contributed by atoms with Gasteiger partial charge >= 0.3 is 11.9 Å². The molecule has 5 heteroatoms. The minimum atomic E-state index is -0.477. The summed E-state index contributed by atoms with van der Waals surface area (Å²) in [5.41, 5.74) is 3.00. The van der Waals surface area contributed by atoms with Crippen LogP contribution in [0.15, 0.2) is 92.2 Å². The van der Waals surface area contributed by atoms with Gasteiger partial charge < -0.3 is 9.47 Å². The highest BCUT2D eigenvalue weighted by Crippen LogP contribution is 2.19. The lowest BCUT2D eigenvalue weighted by Gasteiger charge is -2.06. The first-order chi connectivity index (χ1) is 15.5. The molecule has 0 aliphatic heterocycles. The van der Waals surface area contributed by atoms with E-state index in [0.29, 0.717) is 12.0 Å². The summed E-state index contributed by atoms with van der Waals surface area (Å²) in [7, 11) is 0. The molecule has 0 aliphatic rings. The quantitative estimate of drug-likeness (QED) is 0.267. The number of carbonyl (C=O) groups is 3. The van der Waals surface area contributed by atoms with E-state index in [9.17, 15) is 14.4 Å². The molecule has 5 nitrogen and oxygen atoms in total. The minimum absolute atomic E-state index is 0.0371. The second-order valence-corrected chi connectivity index (χ2v) is 7.00. The lowest BCUT2D eigenvalue weighted by Crippen LogP contribution is -2.01. The number of benzene rings is 3. The van der Waals surface area contributed by atoms with E-state index < -0.39 is 11.9 Å². The smallest absolute Gasteiger partial charge is 0.342 e. The van der Waals surface area contributed by atoms with Gasteiger partial charge in [-0.25, -0.2) is 9.59 Å². The number of rotatable bonds is 9. The average Bonchev–Trinajstić information content (AvgIpc) is 2.82. The molecule has 0 spiro atoms. The van der Waals surface area contributed by atoms with Gasteiger partial charge in [0, 0.05) is 12.5 Å². The minimum Gasteiger partial charge on any atom is -0.458 e. The molecule has 0 fully saturated rings. The zero-order valence-corrected chi connectivity index (χ0v) is 17.5. The van der Waals surface area contributed by atoms with Crippen LogP contribution in [0.5, 0.6) is 0 Å². The van der Waals surface area contributed by atoms with Crippen LogP contribution in [0.2, 0.25) is 0 Å². The summed E-state index contributed by atoms with van der Waals surface area (Å²) in [6.45, 7) is 6.98. The van der Waals surface area contributed by atoms with Gasteiger partial charge in [-0.3, -0.25) is 4.79 Å². The maximum absolute atomic E-state index is 12.4. The molecule has 32 heavy (non-hydrogen) atoms. The normalized spacial score (nSPS) is 10.6. The fraction of sp³-hybridized carbons (Fsp3) is 0.0741. The van der Waals surface area contributed by atoms with E-state index in [1.807, 2.05) is 48.5 Å². The first-order valence-corrected chi connectivity index (χ1v) is 9.92. The van der Waals surface area contributed by atoms with Crippen LogP contribution >= 0.6 is 0 Å². The SMILES string of the molecule is C=CC(=O)Cc1ccc(/C=C/OC(=O)c2ccc3cc(COC(=O)C=C)ccc3c2)cc1. The number of esters is 2. The molecular formula is C27H22O5. The van der Waals surface area contributed by atoms with Crippen LogP contribution in [-0.4, -0.2) is 17.7 Å². The van der Waals surface area contributed by atoms with Crippen LogP contribution < -0.4 is 0 Å². The number of ether oxygens (including phenoxy) is 2. The molecule has 0 aromatic heterocycles. The number of carbonyl (C=O) groups excluding carboxylic acids is 3. The van der Waals surface area contributed by atoms with Crippen molar-refractivity contribution in [1.82, 2.24) is 0 Å². The highest BCUT2D eigenvalue weighted by Gasteiger charge is 2.08. The van der Waals surface area contributed by atoms with Crippen molar-refractivity contribution in [3.8, 4) is 0 Å². The second kappa shape index (κ2) is 10.7. The van der Waals surface area contributed by atoms with Crippen LogP contribution in [0.4, 0.5) is 0 Å². The Morgan fingerprint density at radius 1 is 0.812 bits per heavy atom. The fourth-order valence-electron chi connectivity index (χ4n) is 2.99. The summed E-state index contributed by atoms with van der Waals surface area (Å²) in [5.74, 6) is -0.986. The number of ketones is 1. The van der Waals surface area contributed by atoms with Crippen molar-refractivity contribution < 1.29 is 23.9 Å². The Kier molecular flexibility index (Phi) is 7.49. The van der Waals surface area contributed by atoms with Gasteiger partial charge in [0.05, 0.1) is 11.8 Å². The third-order valence-electron chi connectivity index (χ3n) is 4.71. The van der Waals surface area contributed by atoms with E-state index >= 15 is 0 Å². The van der Waals surface area contributed by atoms with Gasteiger partial charge in [0.1, 0.15) is 6.61 Å². The van der Waals surface area contributed by atoms with Crippen molar-refractivity contribution in [3.05, 3.63) is 114 Å². The molecule has 0 saturated carbocycles. The highest BCUT2D eigenvalue weighted by atomic mass is 16.5. The molecule has 0 amide bonds. The molecule has 0 unspecified atom stereocenters. The molecule has 3 aromatic carbocycles. The van der Waals surface area contributed by atoms with E-state index in [-0.39, 0.29) is 12.4 Å². The summed E-state index contributed by atoms with van der Waals surface area (Å²) in [6, 6.07) is 18.2. The second-order valence-electron chi connectivity index (χ2n) is 7.00. The van der Waals surface area contributed by atoms with Crippen molar-refractivity contribution in [2.45, 2.75) is 13.0 Å². The van der Waals surface area contributed by atoms with Crippen LogP contribution in [0, 0.1) is 0 Å². The van der Waals surface area contributed by atoms with Gasteiger partial charge in [0.25, 0.3) is 0 Å². The molecule has 3 aromatic rings. The van der Waals surface area contributed by atoms with Crippen LogP contribution in [0.25, 0.3) is 16.8 Å². The number of hydrogen-bond acceptors (Lipinski definition) is 5. The molecule has 0 heterocycles. The summed E-state index contributed by atoms with van der Waals surface area (Å²) in [4.78, 5) is 35.0. The maximum atomic E-state index is 12.4. The Balaban J connectivity index is 1.61. The molecule has 0 saturated heterocycles. The Bertz CT molecular complexity index is 1200. The number of fused-ring (bicyclic) bond motifs is 1. The Hall–Kier alpha value is -4.25. The molecule has 160 valence electrons. The topological polar surface area (TPSA) is 69.7 Å². The van der Waals surface area contributed by atoms with E-state index in [1.54, 1.807) is 18.2 Å². The first-order valence-electron chi connectivity index (χ1n) is 9.92. The molecule has 0 N–H and O–H groups in total. The van der Waals surface area contributed by atoms with Gasteiger partial charge in [-0.05, 0) is 57.8 Å². The first kappa shape index (κ1) is 22.4. The van der Waals surface area contributed by atoms with Crippen LogP contribution in [-0.2, 0) is 32.1 Å². The zero-order chi connectivity index (χ0) is 22.9. The van der Waals surface area contributed by atoms with Gasteiger partial charge in [-0.1, -0.05) is 55.6 Å². The van der Waals surface area contributed by atoms with Crippen molar-refractivity contribution >= 4 is 34.6 Å². The Morgan fingerprint density at radius 3 is 2.22 bits per heavy atom. The fourth-order valence-corrected chi connectivity index (χ4v) is 2.99. The molecular weight excluding hydrogens is 404 g/mol. The Morgan fingerprint density at radius 2 is 1.50 bits per heavy atom. The predicted molar refractivity (Wildman–Crippen MR) is 124 cm³/mol. The predicted octanol–water partition coefficient (Wildman–Crippen LogP) is 5.19. The van der Waals surface area contributed by atoms with Crippen molar-refractivity contribution in [2.75, 3.05) is 0 Å². The molecule has 0 atom stereocenters. The zero-order valence-electron chi connectivity index (χ0n) is 17.5. The number of allylic oxidation sites excluding steroid dienone is 1. The average molecular weight is 426 g/mol. The lowest BCUT2D eigenvalue weighted by molar-refractivity contribution is -0.139.